The van der Waals surface area contributed by atoms with E-state index < -0.39 is 11.4 Å². The Morgan fingerprint density at radius 1 is 1.08 bits per heavy atom. The van der Waals surface area contributed by atoms with Gasteiger partial charge in [-0.15, -0.1) is 0 Å². The Morgan fingerprint density at radius 2 is 1.81 bits per heavy atom. The van der Waals surface area contributed by atoms with Gasteiger partial charge in [-0.25, -0.2) is 11.0 Å². The number of furan rings is 1. The van der Waals surface area contributed by atoms with Gasteiger partial charge >= 0.3 is 0 Å². The van der Waals surface area contributed by atoms with Crippen LogP contribution in [0.5, 0.6) is 5.75 Å². The molecular weight excluding hydrogens is 471 g/mol. The third-order valence-electron chi connectivity index (χ3n) is 6.04. The molecule has 1 aromatic heterocycles. The molecule has 0 aliphatic heterocycles. The van der Waals surface area contributed by atoms with E-state index in [1.54, 1.807) is 50.2 Å². The first-order valence-electron chi connectivity index (χ1n) is 11.9. The Hall–Kier alpha value is -4.44. The van der Waals surface area contributed by atoms with Crippen LogP contribution in [0.2, 0.25) is 0 Å². The van der Waals surface area contributed by atoms with Gasteiger partial charge in [-0.2, -0.15) is 0 Å². The van der Waals surface area contributed by atoms with Crippen molar-refractivity contribution < 1.29 is 23.1 Å². The van der Waals surface area contributed by atoms with Crippen LogP contribution < -0.4 is 10.1 Å². The van der Waals surface area contributed by atoms with Crippen LogP contribution in [0.15, 0.2) is 65.1 Å². The van der Waals surface area contributed by atoms with E-state index in [9.17, 15) is 14.0 Å². The smallest absolute Gasteiger partial charge is 0.255 e. The molecule has 3 aromatic carbocycles. The highest BCUT2D eigenvalue weighted by atomic mass is 19.1. The molecule has 1 amide bonds. The van der Waals surface area contributed by atoms with Crippen molar-refractivity contribution in [3.8, 4) is 28.2 Å². The zero-order valence-electron chi connectivity index (χ0n) is 21.1. The Balaban J connectivity index is 1.90. The first kappa shape index (κ1) is 25.6. The highest BCUT2D eigenvalue weighted by Crippen LogP contribution is 2.41. The summed E-state index contributed by atoms with van der Waals surface area (Å²) >= 11 is 0. The zero-order valence-corrected chi connectivity index (χ0v) is 21.1. The number of amides is 1. The van der Waals surface area contributed by atoms with Gasteiger partial charge in [-0.1, -0.05) is 18.2 Å². The summed E-state index contributed by atoms with van der Waals surface area (Å²) in [7, 11) is 1.53. The number of rotatable bonds is 8. The van der Waals surface area contributed by atoms with Gasteiger partial charge in [0.1, 0.15) is 22.9 Å². The maximum absolute atomic E-state index is 13.5. The van der Waals surface area contributed by atoms with Gasteiger partial charge in [-0.05, 0) is 48.9 Å². The number of ketones is 1. The highest BCUT2D eigenvalue weighted by Gasteiger charge is 2.28. The van der Waals surface area contributed by atoms with E-state index in [4.69, 9.17) is 15.7 Å². The van der Waals surface area contributed by atoms with E-state index in [1.807, 2.05) is 19.1 Å². The Morgan fingerprint density at radius 3 is 2.46 bits per heavy atom. The quantitative estimate of drug-likeness (QED) is 0.211. The number of benzene rings is 3. The minimum Gasteiger partial charge on any atom is -0.493 e. The molecule has 6 nitrogen and oxygen atoms in total. The zero-order chi connectivity index (χ0) is 26.7. The molecule has 0 aliphatic rings. The normalized spacial score (nSPS) is 11.2. The molecule has 0 unspecified atom stereocenters. The van der Waals surface area contributed by atoms with E-state index in [0.717, 1.165) is 5.56 Å². The molecular formula is C30H27FN2O4. The van der Waals surface area contributed by atoms with Crippen molar-refractivity contribution in [2.24, 2.45) is 0 Å². The summed E-state index contributed by atoms with van der Waals surface area (Å²) in [6.07, 6.45) is 0.0981. The predicted octanol–water partition coefficient (Wildman–Crippen LogP) is 6.93. The van der Waals surface area contributed by atoms with E-state index in [0.29, 0.717) is 51.3 Å². The van der Waals surface area contributed by atoms with Crippen LogP contribution >= 0.6 is 0 Å². The molecule has 0 bridgehead atoms. The summed E-state index contributed by atoms with van der Waals surface area (Å²) in [4.78, 5) is 29.4. The highest BCUT2D eigenvalue weighted by molar-refractivity contribution is 6.12. The monoisotopic (exact) mass is 498 g/mol. The molecule has 1 N–H and O–H groups in total. The Kier molecular flexibility index (Phi) is 7.12. The molecule has 37 heavy (non-hydrogen) atoms. The summed E-state index contributed by atoms with van der Waals surface area (Å²) in [6.45, 7) is 13.1. The SMILES string of the molecule is [C-]#[N+]C(C)(C)CC(=O)c1cccc(-c2cc3c(C(=O)NC)c(-c4ccc(F)cc4)oc3cc2OCC)c1. The number of Topliss-reactive ketones (excluding diaryl/α,β-unsaturated/α-hetero) is 1. The number of fused-ring (bicyclic) bond motifs is 1. The summed E-state index contributed by atoms with van der Waals surface area (Å²) in [5.41, 5.74) is 2.43. The van der Waals surface area contributed by atoms with Crippen LogP contribution in [0, 0.1) is 12.4 Å². The maximum Gasteiger partial charge on any atom is 0.255 e. The molecule has 0 fully saturated rings. The minimum atomic E-state index is -0.793. The average Bonchev–Trinajstić information content (AvgIpc) is 3.26. The summed E-state index contributed by atoms with van der Waals surface area (Å²) in [5.74, 6) is -0.0203. The van der Waals surface area contributed by atoms with E-state index in [-0.39, 0.29) is 18.1 Å². The second kappa shape index (κ2) is 10.3. The molecule has 7 heteroatoms. The first-order chi connectivity index (χ1) is 17.7. The van der Waals surface area contributed by atoms with Gasteiger partial charge in [0.25, 0.3) is 5.91 Å². The fraction of sp³-hybridized carbons (Fsp3) is 0.233. The first-order valence-corrected chi connectivity index (χ1v) is 11.9. The van der Waals surface area contributed by atoms with E-state index >= 15 is 0 Å². The predicted molar refractivity (Wildman–Crippen MR) is 141 cm³/mol. The molecule has 1 heterocycles. The fourth-order valence-corrected chi connectivity index (χ4v) is 4.17. The number of nitrogens with one attached hydrogen (secondary N) is 1. The molecule has 0 radical (unpaired) electrons. The van der Waals surface area contributed by atoms with Gasteiger partial charge in [0.2, 0.25) is 5.54 Å². The number of nitrogens with zero attached hydrogens (tertiary/aromatic N) is 1. The molecule has 4 aromatic rings. The summed E-state index contributed by atoms with van der Waals surface area (Å²) in [6, 6.07) is 16.4. The number of hydrogen-bond acceptors (Lipinski definition) is 4. The lowest BCUT2D eigenvalue weighted by Crippen LogP contribution is -2.19. The molecule has 0 aliphatic carbocycles. The van der Waals surface area contributed by atoms with Crippen LogP contribution in [-0.2, 0) is 0 Å². The van der Waals surface area contributed by atoms with E-state index in [1.165, 1.54) is 19.2 Å². The molecule has 0 saturated carbocycles. The lowest BCUT2D eigenvalue weighted by Gasteiger charge is -2.13. The van der Waals surface area contributed by atoms with Gasteiger partial charge in [0.05, 0.1) is 18.6 Å². The topological polar surface area (TPSA) is 72.9 Å². The lowest BCUT2D eigenvalue weighted by molar-refractivity contribution is 0.0957. The van der Waals surface area contributed by atoms with Crippen LogP contribution in [0.1, 0.15) is 47.9 Å². The van der Waals surface area contributed by atoms with Crippen molar-refractivity contribution in [1.29, 1.82) is 0 Å². The number of hydrogen-bond donors (Lipinski definition) is 1. The molecule has 0 spiro atoms. The standard InChI is InChI=1S/C30H27FN2O4/c1-6-36-25-16-26-23(27(29(35)32-4)28(37-26)18-10-12-21(31)13-11-18)15-22(25)19-8-7-9-20(14-19)24(34)17-30(2,3)33-5/h7-16H,6,17H2,1-4H3,(H,32,35). The number of carbonyl (C=O) groups is 2. The fourth-order valence-electron chi connectivity index (χ4n) is 4.17. The van der Waals surface area contributed by atoms with Gasteiger partial charge in [-0.3, -0.25) is 9.59 Å². The second-order valence-corrected chi connectivity index (χ2v) is 9.27. The minimum absolute atomic E-state index is 0.0981. The third-order valence-corrected chi connectivity index (χ3v) is 6.04. The van der Waals surface area contributed by atoms with Crippen molar-refractivity contribution in [2.75, 3.05) is 13.7 Å². The summed E-state index contributed by atoms with van der Waals surface area (Å²) in [5, 5.41) is 3.22. The average molecular weight is 499 g/mol. The van der Waals surface area contributed by atoms with Gasteiger partial charge < -0.3 is 19.3 Å². The Bertz CT molecular complexity index is 1530. The van der Waals surface area contributed by atoms with E-state index in [2.05, 4.69) is 10.2 Å². The second-order valence-electron chi connectivity index (χ2n) is 9.27. The van der Waals surface area contributed by atoms with Gasteiger partial charge in [0.15, 0.2) is 5.78 Å². The number of ether oxygens (including phenoxy) is 1. The molecule has 4 rings (SSSR count). The summed E-state index contributed by atoms with van der Waals surface area (Å²) < 4.78 is 25.6. The molecule has 0 saturated heterocycles. The van der Waals surface area contributed by atoms with Gasteiger partial charge in [0, 0.05) is 49.0 Å². The third kappa shape index (κ3) is 5.24. The van der Waals surface area contributed by atoms with Crippen molar-refractivity contribution in [2.45, 2.75) is 32.7 Å². The number of halogens is 1. The van der Waals surface area contributed by atoms with Crippen molar-refractivity contribution in [3.05, 3.63) is 89.0 Å². The van der Waals surface area contributed by atoms with Crippen molar-refractivity contribution >= 4 is 22.7 Å². The lowest BCUT2D eigenvalue weighted by atomic mass is 9.92. The van der Waals surface area contributed by atoms with Crippen molar-refractivity contribution in [3.63, 3.8) is 0 Å². The van der Waals surface area contributed by atoms with Crippen LogP contribution in [0.3, 0.4) is 0 Å². The van der Waals surface area contributed by atoms with Crippen LogP contribution in [0.4, 0.5) is 4.39 Å². The van der Waals surface area contributed by atoms with Crippen LogP contribution in [-0.4, -0.2) is 30.9 Å². The molecule has 0 atom stereocenters. The van der Waals surface area contributed by atoms with Crippen LogP contribution in [0.25, 0.3) is 38.3 Å². The number of carbonyl (C=O) groups excluding carboxylic acids is 2. The maximum atomic E-state index is 13.5. The Labute approximate surface area is 214 Å². The molecule has 188 valence electrons. The van der Waals surface area contributed by atoms with Crippen molar-refractivity contribution in [1.82, 2.24) is 5.32 Å². The largest absolute Gasteiger partial charge is 0.493 e.